The van der Waals surface area contributed by atoms with Gasteiger partial charge in [0, 0.05) is 11.4 Å². The number of halogens is 1. The average Bonchev–Trinajstić information content (AvgIpc) is 2.85. The molecule has 0 spiro atoms. The molecular formula is C17H22BrNO. The Hall–Kier alpha value is -0.830. The molecular weight excluding hydrogens is 314 g/mol. The highest BCUT2D eigenvalue weighted by Crippen LogP contribution is 2.79. The van der Waals surface area contributed by atoms with E-state index in [9.17, 15) is 4.79 Å². The Morgan fingerprint density at radius 3 is 2.40 bits per heavy atom. The molecule has 0 heterocycles. The van der Waals surface area contributed by atoms with Crippen LogP contribution in [0.2, 0.25) is 0 Å². The van der Waals surface area contributed by atoms with Gasteiger partial charge in [-0.3, -0.25) is 4.79 Å². The van der Waals surface area contributed by atoms with Crippen LogP contribution in [0, 0.1) is 16.2 Å². The number of alkyl halides is 1. The first-order valence-corrected chi connectivity index (χ1v) is 8.24. The molecule has 3 atom stereocenters. The summed E-state index contributed by atoms with van der Waals surface area (Å²) in [6, 6.07) is 10.1. The molecule has 0 aliphatic heterocycles. The Labute approximate surface area is 129 Å². The van der Waals surface area contributed by atoms with E-state index in [1.165, 1.54) is 0 Å². The maximum Gasteiger partial charge on any atom is 0.228 e. The molecule has 0 saturated heterocycles. The van der Waals surface area contributed by atoms with E-state index in [1.54, 1.807) is 0 Å². The van der Waals surface area contributed by atoms with Crippen LogP contribution >= 0.6 is 15.9 Å². The van der Waals surface area contributed by atoms with E-state index in [2.05, 4.69) is 42.0 Å². The number of hydrogen-bond donors (Lipinski definition) is 1. The summed E-state index contributed by atoms with van der Waals surface area (Å²) in [5.74, 6) is 0.211. The molecule has 2 nitrogen and oxygen atoms in total. The van der Waals surface area contributed by atoms with Crippen LogP contribution in [0.25, 0.3) is 0 Å². The van der Waals surface area contributed by atoms with Crippen molar-refractivity contribution in [3.8, 4) is 0 Å². The second-order valence-electron chi connectivity index (χ2n) is 7.04. The molecule has 1 N–H and O–H groups in total. The third kappa shape index (κ3) is 1.47. The van der Waals surface area contributed by atoms with Crippen LogP contribution in [0.4, 0.5) is 0 Å². The van der Waals surface area contributed by atoms with Gasteiger partial charge in [-0.25, -0.2) is 0 Å². The molecule has 3 aliphatic rings. The molecule has 3 heteroatoms. The van der Waals surface area contributed by atoms with E-state index < -0.39 is 0 Å². The number of fused-ring (bicyclic) bond motifs is 1. The van der Waals surface area contributed by atoms with Crippen molar-refractivity contribution in [1.29, 1.82) is 0 Å². The minimum Gasteiger partial charge on any atom is -0.351 e. The Balaban J connectivity index is 1.75. The average molecular weight is 336 g/mol. The first-order chi connectivity index (χ1) is 9.36. The Morgan fingerprint density at radius 2 is 1.90 bits per heavy atom. The minimum absolute atomic E-state index is 0.0644. The van der Waals surface area contributed by atoms with Gasteiger partial charge in [0.2, 0.25) is 5.91 Å². The van der Waals surface area contributed by atoms with Gasteiger partial charge in [-0.1, -0.05) is 67.0 Å². The van der Waals surface area contributed by atoms with Crippen molar-refractivity contribution in [3.05, 3.63) is 35.9 Å². The quantitative estimate of drug-likeness (QED) is 0.834. The van der Waals surface area contributed by atoms with Crippen LogP contribution < -0.4 is 5.32 Å². The molecule has 0 radical (unpaired) electrons. The van der Waals surface area contributed by atoms with E-state index in [1.807, 2.05) is 30.3 Å². The van der Waals surface area contributed by atoms with Crippen molar-refractivity contribution in [1.82, 2.24) is 5.32 Å². The molecule has 2 bridgehead atoms. The zero-order valence-corrected chi connectivity index (χ0v) is 14.0. The lowest BCUT2D eigenvalue weighted by Crippen LogP contribution is -2.69. The molecule has 3 fully saturated rings. The van der Waals surface area contributed by atoms with Crippen molar-refractivity contribution in [2.75, 3.05) is 0 Å². The van der Waals surface area contributed by atoms with Gasteiger partial charge in [-0.05, 0) is 29.2 Å². The van der Waals surface area contributed by atoms with E-state index in [0.717, 1.165) is 18.4 Å². The lowest BCUT2D eigenvalue weighted by atomic mass is 9.43. The minimum atomic E-state index is -0.240. The topological polar surface area (TPSA) is 29.1 Å². The second kappa shape index (κ2) is 4.33. The number of benzene rings is 1. The van der Waals surface area contributed by atoms with E-state index in [4.69, 9.17) is 0 Å². The van der Waals surface area contributed by atoms with Gasteiger partial charge in [-0.2, -0.15) is 0 Å². The van der Waals surface area contributed by atoms with Crippen LogP contribution in [-0.2, 0) is 11.3 Å². The van der Waals surface area contributed by atoms with Crippen molar-refractivity contribution >= 4 is 21.8 Å². The molecule has 20 heavy (non-hydrogen) atoms. The monoisotopic (exact) mass is 335 g/mol. The Morgan fingerprint density at radius 1 is 1.25 bits per heavy atom. The second-order valence-corrected chi connectivity index (χ2v) is 7.96. The molecule has 4 rings (SSSR count). The standard InChI is InChI=1S/C17H22BrNO/c1-15(2)16(3)9-10-17(15,13(16)18)14(20)19-11-12-7-5-4-6-8-12/h4-8,13H,9-11H2,1-3H3,(H,19,20)/t13-,16-,17-/m1/s1. The van der Waals surface area contributed by atoms with E-state index in [0.29, 0.717) is 11.4 Å². The molecule has 108 valence electrons. The smallest absolute Gasteiger partial charge is 0.228 e. The molecule has 1 aromatic carbocycles. The number of carbonyl (C=O) groups excluding carboxylic acids is 1. The number of amides is 1. The Bertz CT molecular complexity index is 541. The summed E-state index contributed by atoms with van der Waals surface area (Å²) in [5, 5.41) is 3.15. The van der Waals surface area contributed by atoms with Crippen LogP contribution in [0.1, 0.15) is 39.2 Å². The number of hydrogen-bond acceptors (Lipinski definition) is 1. The number of carbonyl (C=O) groups is 1. The maximum absolute atomic E-state index is 12.8. The summed E-state index contributed by atoms with van der Waals surface area (Å²) in [7, 11) is 0. The van der Waals surface area contributed by atoms with Gasteiger partial charge in [-0.15, -0.1) is 0 Å². The van der Waals surface area contributed by atoms with Crippen molar-refractivity contribution in [2.45, 2.75) is 45.0 Å². The van der Waals surface area contributed by atoms with Gasteiger partial charge in [0.15, 0.2) is 0 Å². The molecule has 0 aromatic heterocycles. The normalized spacial score (nSPS) is 37.3. The SMILES string of the molecule is CC1(C)[C@]2(C(=O)NCc3ccccc3)CC[C@]1(C)[C@H]2Br. The fraction of sp³-hybridized carbons (Fsp3) is 0.588. The van der Waals surface area contributed by atoms with Crippen LogP contribution in [0.15, 0.2) is 30.3 Å². The molecule has 1 amide bonds. The van der Waals surface area contributed by atoms with Crippen molar-refractivity contribution in [3.63, 3.8) is 0 Å². The zero-order chi connectivity index (χ0) is 14.6. The fourth-order valence-electron chi connectivity index (χ4n) is 4.39. The molecule has 0 unspecified atom stereocenters. The predicted molar refractivity (Wildman–Crippen MR) is 84.6 cm³/mol. The third-order valence-corrected chi connectivity index (χ3v) is 8.07. The summed E-state index contributed by atoms with van der Waals surface area (Å²) >= 11 is 3.81. The van der Waals surface area contributed by atoms with Crippen molar-refractivity contribution < 1.29 is 4.79 Å². The predicted octanol–water partition coefficient (Wildman–Crippen LogP) is 3.89. The van der Waals surface area contributed by atoms with Crippen molar-refractivity contribution in [2.24, 2.45) is 16.2 Å². The summed E-state index contributed by atoms with van der Waals surface area (Å²) < 4.78 is 0. The summed E-state index contributed by atoms with van der Waals surface area (Å²) in [5.41, 5.74) is 1.23. The van der Waals surface area contributed by atoms with Gasteiger partial charge >= 0.3 is 0 Å². The van der Waals surface area contributed by atoms with E-state index in [-0.39, 0.29) is 22.2 Å². The highest BCUT2D eigenvalue weighted by molar-refractivity contribution is 9.09. The lowest BCUT2D eigenvalue weighted by molar-refractivity contribution is -0.161. The van der Waals surface area contributed by atoms with Gasteiger partial charge in [0.25, 0.3) is 0 Å². The Kier molecular flexibility index (Phi) is 3.06. The molecule has 3 aliphatic carbocycles. The first kappa shape index (κ1) is 14.1. The third-order valence-electron chi connectivity index (χ3n) is 6.27. The van der Waals surface area contributed by atoms with Gasteiger partial charge in [0.05, 0.1) is 5.41 Å². The number of nitrogens with one attached hydrogen (secondary N) is 1. The first-order valence-electron chi connectivity index (χ1n) is 7.32. The summed E-state index contributed by atoms with van der Waals surface area (Å²) in [6.07, 6.45) is 2.13. The summed E-state index contributed by atoms with van der Waals surface area (Å²) in [6.45, 7) is 7.43. The van der Waals surface area contributed by atoms with Crippen LogP contribution in [0.5, 0.6) is 0 Å². The van der Waals surface area contributed by atoms with Gasteiger partial charge < -0.3 is 5.32 Å². The highest BCUT2D eigenvalue weighted by Gasteiger charge is 2.79. The summed E-state index contributed by atoms with van der Waals surface area (Å²) in [4.78, 5) is 13.1. The van der Waals surface area contributed by atoms with Gasteiger partial charge in [0.1, 0.15) is 0 Å². The number of rotatable bonds is 3. The zero-order valence-electron chi connectivity index (χ0n) is 12.4. The fourth-order valence-corrected chi connectivity index (χ4v) is 6.20. The maximum atomic E-state index is 12.8. The molecule has 3 saturated carbocycles. The van der Waals surface area contributed by atoms with Crippen LogP contribution in [0.3, 0.4) is 0 Å². The highest BCUT2D eigenvalue weighted by atomic mass is 79.9. The van der Waals surface area contributed by atoms with E-state index >= 15 is 0 Å². The lowest BCUT2D eigenvalue weighted by Gasteiger charge is -2.64. The largest absolute Gasteiger partial charge is 0.351 e. The van der Waals surface area contributed by atoms with Crippen LogP contribution in [-0.4, -0.2) is 10.7 Å². The molecule has 1 aromatic rings.